The van der Waals surface area contributed by atoms with Gasteiger partial charge in [-0.1, -0.05) is 45.9 Å². The molecule has 2 atom stereocenters. The average molecular weight is 342 g/mol. The third-order valence-corrected chi connectivity index (χ3v) is 5.48. The van der Waals surface area contributed by atoms with Crippen molar-refractivity contribution >= 4 is 17.5 Å². The number of para-hydroxylation sites is 1. The number of hydrogen-bond donors (Lipinski definition) is 1. The summed E-state index contributed by atoms with van der Waals surface area (Å²) >= 11 is 0. The van der Waals surface area contributed by atoms with E-state index in [1.807, 2.05) is 4.90 Å². The zero-order valence-electron chi connectivity index (χ0n) is 15.8. The number of nitrogens with one attached hydrogen (secondary N) is 1. The van der Waals surface area contributed by atoms with Crippen molar-refractivity contribution in [2.45, 2.75) is 58.8 Å². The third kappa shape index (κ3) is 3.73. The van der Waals surface area contributed by atoms with Gasteiger partial charge in [0.1, 0.15) is 0 Å². The van der Waals surface area contributed by atoms with Crippen molar-refractivity contribution in [3.63, 3.8) is 0 Å². The summed E-state index contributed by atoms with van der Waals surface area (Å²) in [5.41, 5.74) is 3.29. The van der Waals surface area contributed by atoms with Crippen molar-refractivity contribution in [2.75, 3.05) is 18.4 Å². The summed E-state index contributed by atoms with van der Waals surface area (Å²) in [5.74, 6) is 0.608. The Labute approximate surface area is 151 Å². The topological polar surface area (TPSA) is 49.4 Å². The number of anilines is 1. The Bertz CT molecular complexity index is 634. The van der Waals surface area contributed by atoms with E-state index in [-0.39, 0.29) is 23.7 Å². The van der Waals surface area contributed by atoms with Crippen LogP contribution < -0.4 is 5.32 Å². The van der Waals surface area contributed by atoms with Crippen molar-refractivity contribution < 1.29 is 9.59 Å². The van der Waals surface area contributed by atoms with E-state index in [2.05, 4.69) is 51.2 Å². The molecule has 1 saturated carbocycles. The second-order valence-corrected chi connectivity index (χ2v) is 8.09. The van der Waals surface area contributed by atoms with Crippen LogP contribution in [-0.2, 0) is 9.59 Å². The summed E-state index contributed by atoms with van der Waals surface area (Å²) in [5, 5.41) is 3.17. The lowest BCUT2D eigenvalue weighted by Crippen LogP contribution is -2.30. The lowest BCUT2D eigenvalue weighted by Gasteiger charge is -2.20. The second kappa shape index (κ2) is 7.19. The van der Waals surface area contributed by atoms with Gasteiger partial charge in [-0.05, 0) is 42.2 Å². The Morgan fingerprint density at radius 3 is 2.08 bits per heavy atom. The number of likely N-dealkylation sites (tertiary alicyclic amines) is 1. The highest BCUT2D eigenvalue weighted by Crippen LogP contribution is 2.42. The summed E-state index contributed by atoms with van der Waals surface area (Å²) in [4.78, 5) is 27.2. The van der Waals surface area contributed by atoms with Crippen LogP contribution in [0.2, 0.25) is 0 Å². The fourth-order valence-corrected chi connectivity index (χ4v) is 3.84. The standard InChI is InChI=1S/C21H30N2O2/c1-13(2)15-8-7-9-16(14(3)4)19(15)22-20(24)17-12-18(17)21(25)23-10-5-6-11-23/h7-9,13-14,17-18H,5-6,10-12H2,1-4H3,(H,22,24). The monoisotopic (exact) mass is 342 g/mol. The molecular formula is C21H30N2O2. The Hall–Kier alpha value is -1.84. The molecule has 136 valence electrons. The maximum Gasteiger partial charge on any atom is 0.228 e. The Kier molecular flexibility index (Phi) is 5.16. The predicted molar refractivity (Wildman–Crippen MR) is 101 cm³/mol. The lowest BCUT2D eigenvalue weighted by molar-refractivity contribution is -0.133. The van der Waals surface area contributed by atoms with E-state index in [0.717, 1.165) is 31.6 Å². The first-order valence-electron chi connectivity index (χ1n) is 9.62. The van der Waals surface area contributed by atoms with E-state index in [1.54, 1.807) is 0 Å². The molecule has 0 spiro atoms. The van der Waals surface area contributed by atoms with Crippen LogP contribution in [0.1, 0.15) is 69.9 Å². The number of carbonyl (C=O) groups excluding carboxylic acids is 2. The van der Waals surface area contributed by atoms with Gasteiger partial charge < -0.3 is 10.2 Å². The quantitative estimate of drug-likeness (QED) is 0.874. The van der Waals surface area contributed by atoms with Crippen molar-refractivity contribution in [3.8, 4) is 0 Å². The minimum absolute atomic E-state index is 0.00699. The summed E-state index contributed by atoms with van der Waals surface area (Å²) in [6.45, 7) is 10.3. The molecule has 2 fully saturated rings. The molecule has 0 bridgehead atoms. The smallest absolute Gasteiger partial charge is 0.228 e. The van der Waals surface area contributed by atoms with Gasteiger partial charge in [0.05, 0.1) is 11.8 Å². The molecule has 0 aromatic heterocycles. The molecule has 0 radical (unpaired) electrons. The van der Waals surface area contributed by atoms with Crippen LogP contribution in [0, 0.1) is 11.8 Å². The highest BCUT2D eigenvalue weighted by atomic mass is 16.2. The molecule has 2 unspecified atom stereocenters. The molecule has 2 aliphatic rings. The zero-order valence-corrected chi connectivity index (χ0v) is 15.8. The Morgan fingerprint density at radius 2 is 1.56 bits per heavy atom. The highest BCUT2D eigenvalue weighted by Gasteiger charge is 2.49. The van der Waals surface area contributed by atoms with Crippen LogP contribution in [0.3, 0.4) is 0 Å². The first-order chi connectivity index (χ1) is 11.9. The van der Waals surface area contributed by atoms with Crippen molar-refractivity contribution in [1.82, 2.24) is 4.90 Å². The van der Waals surface area contributed by atoms with Gasteiger partial charge in [0, 0.05) is 18.8 Å². The van der Waals surface area contributed by atoms with E-state index >= 15 is 0 Å². The summed E-state index contributed by atoms with van der Waals surface area (Å²) in [7, 11) is 0. The summed E-state index contributed by atoms with van der Waals surface area (Å²) in [6, 6.07) is 6.25. The molecule has 25 heavy (non-hydrogen) atoms. The number of nitrogens with zero attached hydrogens (tertiary/aromatic N) is 1. The normalized spacial score (nSPS) is 22.6. The molecule has 1 heterocycles. The number of hydrogen-bond acceptors (Lipinski definition) is 2. The third-order valence-electron chi connectivity index (χ3n) is 5.48. The van der Waals surface area contributed by atoms with Crippen molar-refractivity contribution in [3.05, 3.63) is 29.3 Å². The molecule has 1 aromatic carbocycles. The summed E-state index contributed by atoms with van der Waals surface area (Å²) < 4.78 is 0. The predicted octanol–water partition coefficient (Wildman–Crippen LogP) is 4.13. The van der Waals surface area contributed by atoms with E-state index in [1.165, 1.54) is 11.1 Å². The number of carbonyl (C=O) groups is 2. The molecule has 1 aromatic rings. The van der Waals surface area contributed by atoms with Crippen molar-refractivity contribution in [2.24, 2.45) is 11.8 Å². The van der Waals surface area contributed by atoms with Crippen molar-refractivity contribution in [1.29, 1.82) is 0 Å². The zero-order chi connectivity index (χ0) is 18.1. The maximum absolute atomic E-state index is 12.8. The second-order valence-electron chi connectivity index (χ2n) is 8.09. The lowest BCUT2D eigenvalue weighted by atomic mass is 9.92. The Morgan fingerprint density at radius 1 is 1.00 bits per heavy atom. The van der Waals surface area contributed by atoms with Gasteiger partial charge in [-0.15, -0.1) is 0 Å². The molecule has 4 heteroatoms. The van der Waals surface area contributed by atoms with Gasteiger partial charge >= 0.3 is 0 Å². The van der Waals surface area contributed by atoms with Gasteiger partial charge in [0.15, 0.2) is 0 Å². The van der Waals surface area contributed by atoms with Crippen LogP contribution >= 0.6 is 0 Å². The summed E-state index contributed by atoms with van der Waals surface area (Å²) in [6.07, 6.45) is 2.88. The fraction of sp³-hybridized carbons (Fsp3) is 0.619. The molecule has 1 saturated heterocycles. The van der Waals surface area contributed by atoms with Crippen LogP contribution in [0.4, 0.5) is 5.69 Å². The van der Waals surface area contributed by atoms with Gasteiger partial charge in [0.2, 0.25) is 11.8 Å². The highest BCUT2D eigenvalue weighted by molar-refractivity contribution is 6.00. The SMILES string of the molecule is CC(C)c1cccc(C(C)C)c1NC(=O)C1CC1C(=O)N1CCCC1. The Balaban J connectivity index is 1.72. The molecule has 2 amide bonds. The van der Waals surface area contributed by atoms with Gasteiger partial charge in [0.25, 0.3) is 0 Å². The van der Waals surface area contributed by atoms with Gasteiger partial charge in [-0.2, -0.15) is 0 Å². The first-order valence-corrected chi connectivity index (χ1v) is 9.62. The molecule has 3 rings (SSSR count). The minimum atomic E-state index is -0.159. The number of amides is 2. The van der Waals surface area contributed by atoms with Gasteiger partial charge in [-0.25, -0.2) is 0 Å². The van der Waals surface area contributed by atoms with Crippen LogP contribution in [0.25, 0.3) is 0 Å². The molecule has 1 aliphatic carbocycles. The fourth-order valence-electron chi connectivity index (χ4n) is 3.84. The van der Waals surface area contributed by atoms with Crippen LogP contribution in [0.15, 0.2) is 18.2 Å². The molecule has 4 nitrogen and oxygen atoms in total. The molecular weight excluding hydrogens is 312 g/mol. The number of benzene rings is 1. The van der Waals surface area contributed by atoms with E-state index in [9.17, 15) is 9.59 Å². The largest absolute Gasteiger partial charge is 0.342 e. The van der Waals surface area contributed by atoms with Gasteiger partial charge in [-0.3, -0.25) is 9.59 Å². The van der Waals surface area contributed by atoms with Crippen LogP contribution in [-0.4, -0.2) is 29.8 Å². The number of rotatable bonds is 5. The van der Waals surface area contributed by atoms with Crippen LogP contribution in [0.5, 0.6) is 0 Å². The molecule has 1 aliphatic heterocycles. The first kappa shape index (κ1) is 18.0. The van der Waals surface area contributed by atoms with E-state index in [0.29, 0.717) is 18.3 Å². The van der Waals surface area contributed by atoms with E-state index in [4.69, 9.17) is 0 Å². The molecule has 1 N–H and O–H groups in total. The van der Waals surface area contributed by atoms with E-state index < -0.39 is 0 Å². The maximum atomic E-state index is 12.8. The minimum Gasteiger partial charge on any atom is -0.342 e. The average Bonchev–Trinajstić information content (AvgIpc) is 3.19.